The largest absolute Gasteiger partial charge is 0.339 e. The first-order valence-corrected chi connectivity index (χ1v) is 9.70. The molecule has 24 heavy (non-hydrogen) atoms. The first-order chi connectivity index (χ1) is 11.5. The zero-order valence-electron chi connectivity index (χ0n) is 13.4. The van der Waals surface area contributed by atoms with E-state index in [9.17, 15) is 13.2 Å². The van der Waals surface area contributed by atoms with Crippen LogP contribution in [0.3, 0.4) is 0 Å². The zero-order chi connectivity index (χ0) is 17.2. The number of piperidine rings is 1. The maximum atomic E-state index is 12.5. The quantitative estimate of drug-likeness (QED) is 0.849. The number of rotatable bonds is 3. The normalized spacial score (nSPS) is 16.1. The summed E-state index contributed by atoms with van der Waals surface area (Å²) >= 11 is 0. The fourth-order valence-corrected chi connectivity index (χ4v) is 3.98. The van der Waals surface area contributed by atoms with Gasteiger partial charge in [0.1, 0.15) is 0 Å². The summed E-state index contributed by atoms with van der Waals surface area (Å²) in [5, 5.41) is 0. The van der Waals surface area contributed by atoms with E-state index in [1.165, 1.54) is 6.26 Å². The first kappa shape index (κ1) is 16.6. The summed E-state index contributed by atoms with van der Waals surface area (Å²) in [5.41, 5.74) is 1.24. The zero-order valence-corrected chi connectivity index (χ0v) is 14.2. The molecule has 1 aliphatic heterocycles. The smallest absolute Gasteiger partial charge is 0.253 e. The maximum Gasteiger partial charge on any atom is 0.253 e. The van der Waals surface area contributed by atoms with Crippen LogP contribution >= 0.6 is 0 Å². The molecule has 0 bridgehead atoms. The lowest BCUT2D eigenvalue weighted by atomic mass is 9.92. The molecule has 1 amide bonds. The summed E-state index contributed by atoms with van der Waals surface area (Å²) in [7, 11) is -3.31. The Hall–Kier alpha value is -2.28. The SMILES string of the molecule is CS(=O)(=O)c1cccnc1C1CCN(C(=O)c2ccncc2)CC1. The molecule has 0 aromatic carbocycles. The van der Waals surface area contributed by atoms with Crippen LogP contribution in [0.1, 0.15) is 34.8 Å². The van der Waals surface area contributed by atoms with Crippen LogP contribution in [0.15, 0.2) is 47.8 Å². The molecule has 2 aromatic heterocycles. The van der Waals surface area contributed by atoms with Gasteiger partial charge in [-0.25, -0.2) is 8.42 Å². The van der Waals surface area contributed by atoms with Gasteiger partial charge in [-0.15, -0.1) is 0 Å². The number of aromatic nitrogens is 2. The molecule has 0 N–H and O–H groups in total. The van der Waals surface area contributed by atoms with E-state index < -0.39 is 9.84 Å². The van der Waals surface area contributed by atoms with E-state index in [1.54, 1.807) is 47.8 Å². The summed E-state index contributed by atoms with van der Waals surface area (Å²) in [6.45, 7) is 1.18. The summed E-state index contributed by atoms with van der Waals surface area (Å²) < 4.78 is 23.9. The Morgan fingerprint density at radius 1 is 1.12 bits per heavy atom. The highest BCUT2D eigenvalue weighted by molar-refractivity contribution is 7.90. The second-order valence-corrected chi connectivity index (χ2v) is 7.95. The van der Waals surface area contributed by atoms with Crippen molar-refractivity contribution in [1.82, 2.24) is 14.9 Å². The molecule has 3 rings (SSSR count). The fraction of sp³-hybridized carbons (Fsp3) is 0.353. The lowest BCUT2D eigenvalue weighted by molar-refractivity contribution is 0.0711. The lowest BCUT2D eigenvalue weighted by Gasteiger charge is -2.32. The molecule has 2 aromatic rings. The van der Waals surface area contributed by atoms with Crippen LogP contribution in [0.25, 0.3) is 0 Å². The van der Waals surface area contributed by atoms with Gasteiger partial charge in [-0.05, 0) is 37.1 Å². The van der Waals surface area contributed by atoms with Crippen molar-refractivity contribution in [2.24, 2.45) is 0 Å². The van der Waals surface area contributed by atoms with Gasteiger partial charge in [0.05, 0.1) is 10.6 Å². The molecule has 1 fully saturated rings. The molecule has 7 heteroatoms. The molecule has 0 radical (unpaired) electrons. The molecule has 6 nitrogen and oxygen atoms in total. The van der Waals surface area contributed by atoms with E-state index in [0.717, 1.165) is 0 Å². The molecular weight excluding hydrogens is 326 g/mol. The highest BCUT2D eigenvalue weighted by atomic mass is 32.2. The average molecular weight is 345 g/mol. The third kappa shape index (κ3) is 3.46. The second-order valence-electron chi connectivity index (χ2n) is 5.96. The predicted octanol–water partition coefficient (Wildman–Crippen LogP) is 1.90. The molecule has 1 aliphatic rings. The van der Waals surface area contributed by atoms with Crippen LogP contribution in [-0.4, -0.2) is 48.5 Å². The van der Waals surface area contributed by atoms with Crippen LogP contribution < -0.4 is 0 Å². The van der Waals surface area contributed by atoms with E-state index >= 15 is 0 Å². The number of nitrogens with zero attached hydrogens (tertiary/aromatic N) is 3. The number of hydrogen-bond donors (Lipinski definition) is 0. The first-order valence-electron chi connectivity index (χ1n) is 7.81. The molecule has 0 saturated carbocycles. The second kappa shape index (κ2) is 6.68. The fourth-order valence-electron chi connectivity index (χ4n) is 3.06. The maximum absolute atomic E-state index is 12.5. The minimum Gasteiger partial charge on any atom is -0.339 e. The van der Waals surface area contributed by atoms with Crippen molar-refractivity contribution in [2.45, 2.75) is 23.7 Å². The average Bonchev–Trinajstić information content (AvgIpc) is 2.61. The van der Waals surface area contributed by atoms with Gasteiger partial charge in [-0.1, -0.05) is 0 Å². The molecule has 1 saturated heterocycles. The number of carbonyl (C=O) groups is 1. The number of carbonyl (C=O) groups excluding carboxylic acids is 1. The number of hydrogen-bond acceptors (Lipinski definition) is 5. The van der Waals surface area contributed by atoms with Gasteiger partial charge in [0.15, 0.2) is 9.84 Å². The third-order valence-corrected chi connectivity index (χ3v) is 5.44. The Bertz CT molecular complexity index is 829. The molecule has 3 heterocycles. The van der Waals surface area contributed by atoms with E-state index in [4.69, 9.17) is 0 Å². The van der Waals surface area contributed by atoms with Crippen LogP contribution in [0, 0.1) is 0 Å². The van der Waals surface area contributed by atoms with Crippen LogP contribution in [0.4, 0.5) is 0 Å². The van der Waals surface area contributed by atoms with E-state index in [0.29, 0.717) is 42.1 Å². The van der Waals surface area contributed by atoms with Gasteiger partial charge >= 0.3 is 0 Å². The van der Waals surface area contributed by atoms with Crippen molar-refractivity contribution in [2.75, 3.05) is 19.3 Å². The van der Waals surface area contributed by atoms with Gasteiger partial charge in [-0.2, -0.15) is 0 Å². The predicted molar refractivity (Wildman–Crippen MR) is 89.5 cm³/mol. The third-order valence-electron chi connectivity index (χ3n) is 4.30. The highest BCUT2D eigenvalue weighted by Crippen LogP contribution is 2.31. The van der Waals surface area contributed by atoms with Gasteiger partial charge in [0.25, 0.3) is 5.91 Å². The van der Waals surface area contributed by atoms with Crippen molar-refractivity contribution in [3.8, 4) is 0 Å². The summed E-state index contributed by atoms with van der Waals surface area (Å²) in [5.74, 6) is 0.0395. The van der Waals surface area contributed by atoms with Crippen LogP contribution in [0.5, 0.6) is 0 Å². The minimum atomic E-state index is -3.31. The van der Waals surface area contributed by atoms with Gasteiger partial charge < -0.3 is 4.90 Å². The highest BCUT2D eigenvalue weighted by Gasteiger charge is 2.28. The Balaban J connectivity index is 1.74. The summed E-state index contributed by atoms with van der Waals surface area (Å²) in [4.78, 5) is 22.8. The molecule has 0 spiro atoms. The molecule has 126 valence electrons. The molecule has 0 atom stereocenters. The van der Waals surface area contributed by atoms with Gasteiger partial charge in [0.2, 0.25) is 0 Å². The monoisotopic (exact) mass is 345 g/mol. The lowest BCUT2D eigenvalue weighted by Crippen LogP contribution is -2.38. The van der Waals surface area contributed by atoms with Gasteiger partial charge in [-0.3, -0.25) is 14.8 Å². The molecule has 0 unspecified atom stereocenters. The van der Waals surface area contributed by atoms with E-state index in [1.807, 2.05) is 0 Å². The number of pyridine rings is 2. The van der Waals surface area contributed by atoms with Crippen molar-refractivity contribution < 1.29 is 13.2 Å². The van der Waals surface area contributed by atoms with Gasteiger partial charge in [0, 0.05) is 49.4 Å². The van der Waals surface area contributed by atoms with E-state index in [-0.39, 0.29) is 11.8 Å². The summed E-state index contributed by atoms with van der Waals surface area (Å²) in [6, 6.07) is 6.65. The number of amides is 1. The van der Waals surface area contributed by atoms with Crippen molar-refractivity contribution in [3.05, 3.63) is 54.1 Å². The van der Waals surface area contributed by atoms with Crippen LogP contribution in [0.2, 0.25) is 0 Å². The number of sulfone groups is 1. The Kier molecular flexibility index (Phi) is 4.62. The number of likely N-dealkylation sites (tertiary alicyclic amines) is 1. The minimum absolute atomic E-state index is 0.0137. The molecular formula is C17H19N3O3S. The Labute approximate surface area is 141 Å². The van der Waals surface area contributed by atoms with Crippen molar-refractivity contribution >= 4 is 15.7 Å². The van der Waals surface area contributed by atoms with E-state index in [2.05, 4.69) is 9.97 Å². The topological polar surface area (TPSA) is 80.2 Å². The molecule has 0 aliphatic carbocycles. The Morgan fingerprint density at radius 2 is 1.79 bits per heavy atom. The van der Waals surface area contributed by atoms with Crippen LogP contribution in [-0.2, 0) is 9.84 Å². The summed E-state index contributed by atoms with van der Waals surface area (Å²) in [6.07, 6.45) is 7.44. The van der Waals surface area contributed by atoms with Crippen molar-refractivity contribution in [1.29, 1.82) is 0 Å². The van der Waals surface area contributed by atoms with Crippen molar-refractivity contribution in [3.63, 3.8) is 0 Å². The Morgan fingerprint density at radius 3 is 2.42 bits per heavy atom. The standard InChI is InChI=1S/C17H19N3O3S/c1-24(22,23)15-3-2-8-19-16(15)13-6-11-20(12-7-13)17(21)14-4-9-18-10-5-14/h2-5,8-10,13H,6-7,11-12H2,1H3.